The van der Waals surface area contributed by atoms with Gasteiger partial charge in [0.25, 0.3) is 0 Å². The van der Waals surface area contributed by atoms with Crippen LogP contribution in [0.1, 0.15) is 12.5 Å². The van der Waals surface area contributed by atoms with Gasteiger partial charge in [0, 0.05) is 24.0 Å². The number of carbonyl (C=O) groups is 1. The lowest BCUT2D eigenvalue weighted by Gasteiger charge is -2.08. The molecule has 0 spiro atoms. The quantitative estimate of drug-likeness (QED) is 0.859. The molecule has 0 radical (unpaired) electrons. The Morgan fingerprint density at radius 1 is 1.57 bits per heavy atom. The lowest BCUT2D eigenvalue weighted by molar-refractivity contribution is -0.113. The zero-order chi connectivity index (χ0) is 15.2. The van der Waals surface area contributed by atoms with E-state index in [1.54, 1.807) is 24.4 Å². The maximum Gasteiger partial charge on any atom is 0.234 e. The number of nitrogens with zero attached hydrogens (tertiary/aromatic N) is 3. The Bertz CT molecular complexity index is 693. The number of hydrogen-bond donors (Lipinski definition) is 1. The van der Waals surface area contributed by atoms with Crippen LogP contribution < -0.4 is 5.32 Å². The fourth-order valence-corrected chi connectivity index (χ4v) is 2.71. The van der Waals surface area contributed by atoms with Crippen LogP contribution in [0.3, 0.4) is 0 Å². The number of amides is 1. The summed E-state index contributed by atoms with van der Waals surface area (Å²) in [5.74, 6) is 0.0124. The average molecular weight is 321 g/mol. The number of halogens is 1. The van der Waals surface area contributed by atoms with Crippen molar-refractivity contribution in [3.8, 4) is 6.07 Å². The number of nitrogens with one attached hydrogen (secondary N) is 1. The van der Waals surface area contributed by atoms with Crippen LogP contribution in [0.15, 0.2) is 35.7 Å². The van der Waals surface area contributed by atoms with Crippen molar-refractivity contribution in [3.63, 3.8) is 0 Å². The van der Waals surface area contributed by atoms with Crippen molar-refractivity contribution in [1.82, 2.24) is 9.55 Å². The van der Waals surface area contributed by atoms with Gasteiger partial charge >= 0.3 is 0 Å². The summed E-state index contributed by atoms with van der Waals surface area (Å²) in [5, 5.41) is 13.0. The van der Waals surface area contributed by atoms with E-state index in [2.05, 4.69) is 10.3 Å². The monoisotopic (exact) mass is 320 g/mol. The van der Waals surface area contributed by atoms with Crippen molar-refractivity contribution in [2.45, 2.75) is 18.6 Å². The molecule has 1 amide bonds. The average Bonchev–Trinajstić information content (AvgIpc) is 2.93. The molecule has 0 atom stereocenters. The zero-order valence-corrected chi connectivity index (χ0v) is 12.9. The van der Waals surface area contributed by atoms with Gasteiger partial charge in [-0.3, -0.25) is 4.79 Å². The van der Waals surface area contributed by atoms with E-state index in [-0.39, 0.29) is 11.7 Å². The Labute approximate surface area is 131 Å². The van der Waals surface area contributed by atoms with Crippen LogP contribution >= 0.6 is 23.4 Å². The third-order valence-corrected chi connectivity index (χ3v) is 3.97. The standard InChI is InChI=1S/C14H13ClN4OS/c1-2-19-6-5-17-14(19)21-9-13(20)18-12-7-11(15)4-3-10(12)8-16/h3-7H,2,9H2,1H3,(H,18,20). The van der Waals surface area contributed by atoms with Crippen LogP contribution in [-0.4, -0.2) is 21.2 Å². The molecule has 108 valence electrons. The van der Waals surface area contributed by atoms with Crippen molar-refractivity contribution in [1.29, 1.82) is 5.26 Å². The van der Waals surface area contributed by atoms with Crippen molar-refractivity contribution in [2.24, 2.45) is 0 Å². The second kappa shape index (κ2) is 7.16. The van der Waals surface area contributed by atoms with Crippen LogP contribution in [0.25, 0.3) is 0 Å². The van der Waals surface area contributed by atoms with Gasteiger partial charge in [-0.25, -0.2) is 4.98 Å². The van der Waals surface area contributed by atoms with Gasteiger partial charge in [0.1, 0.15) is 6.07 Å². The first kappa shape index (κ1) is 15.4. The second-order valence-electron chi connectivity index (χ2n) is 4.13. The van der Waals surface area contributed by atoms with E-state index in [4.69, 9.17) is 16.9 Å². The third-order valence-electron chi connectivity index (χ3n) is 2.73. The maximum absolute atomic E-state index is 12.0. The van der Waals surface area contributed by atoms with Crippen molar-refractivity contribution < 1.29 is 4.79 Å². The SMILES string of the molecule is CCn1ccnc1SCC(=O)Nc1cc(Cl)ccc1C#N. The Morgan fingerprint density at radius 2 is 2.38 bits per heavy atom. The molecular weight excluding hydrogens is 308 g/mol. The molecule has 5 nitrogen and oxygen atoms in total. The van der Waals surface area contributed by atoms with Gasteiger partial charge in [0.2, 0.25) is 5.91 Å². The minimum Gasteiger partial charge on any atom is -0.326 e. The molecule has 21 heavy (non-hydrogen) atoms. The first-order valence-electron chi connectivity index (χ1n) is 6.27. The topological polar surface area (TPSA) is 70.7 Å². The van der Waals surface area contributed by atoms with Crippen LogP contribution in [0.5, 0.6) is 0 Å². The Balaban J connectivity index is 1.99. The van der Waals surface area contributed by atoms with Gasteiger partial charge < -0.3 is 9.88 Å². The Hall–Kier alpha value is -1.97. The predicted molar refractivity (Wildman–Crippen MR) is 83.4 cm³/mol. The number of aromatic nitrogens is 2. The highest BCUT2D eigenvalue weighted by molar-refractivity contribution is 7.99. The van der Waals surface area contributed by atoms with Gasteiger partial charge in [0.15, 0.2) is 5.16 Å². The lowest BCUT2D eigenvalue weighted by Crippen LogP contribution is -2.15. The van der Waals surface area contributed by atoms with Crippen LogP contribution in [0.4, 0.5) is 5.69 Å². The molecule has 0 bridgehead atoms. The number of hydrogen-bond acceptors (Lipinski definition) is 4. The summed E-state index contributed by atoms with van der Waals surface area (Å²) in [5.41, 5.74) is 0.808. The highest BCUT2D eigenvalue weighted by Gasteiger charge is 2.10. The smallest absolute Gasteiger partial charge is 0.234 e. The molecule has 0 saturated carbocycles. The van der Waals surface area contributed by atoms with Gasteiger partial charge in [-0.05, 0) is 25.1 Å². The number of carbonyl (C=O) groups excluding carboxylic acids is 1. The molecule has 2 rings (SSSR count). The molecule has 2 aromatic rings. The molecular formula is C14H13ClN4OS. The predicted octanol–water partition coefficient (Wildman–Crippen LogP) is 3.16. The summed E-state index contributed by atoms with van der Waals surface area (Å²) >= 11 is 7.22. The number of anilines is 1. The Kier molecular flexibility index (Phi) is 5.26. The van der Waals surface area contributed by atoms with Crippen LogP contribution in [0, 0.1) is 11.3 Å². The van der Waals surface area contributed by atoms with E-state index >= 15 is 0 Å². The van der Waals surface area contributed by atoms with Crippen molar-refractivity contribution >= 4 is 35.0 Å². The molecule has 0 fully saturated rings. The second-order valence-corrected chi connectivity index (χ2v) is 5.51. The fraction of sp³-hybridized carbons (Fsp3) is 0.214. The van der Waals surface area contributed by atoms with Crippen LogP contribution in [0.2, 0.25) is 5.02 Å². The third kappa shape index (κ3) is 4.00. The first-order valence-corrected chi connectivity index (χ1v) is 7.63. The molecule has 1 N–H and O–H groups in total. The maximum atomic E-state index is 12.0. The van der Waals surface area contributed by atoms with E-state index in [9.17, 15) is 4.79 Å². The molecule has 1 aromatic heterocycles. The van der Waals surface area contributed by atoms with E-state index in [1.807, 2.05) is 23.8 Å². The molecule has 1 aromatic carbocycles. The van der Waals surface area contributed by atoms with E-state index in [1.165, 1.54) is 11.8 Å². The summed E-state index contributed by atoms with van der Waals surface area (Å²) in [6.07, 6.45) is 3.57. The number of aryl methyl sites for hydroxylation is 1. The van der Waals surface area contributed by atoms with Gasteiger partial charge in [-0.15, -0.1) is 0 Å². The molecule has 0 aliphatic heterocycles. The normalized spacial score (nSPS) is 10.1. The van der Waals surface area contributed by atoms with E-state index < -0.39 is 0 Å². The zero-order valence-electron chi connectivity index (χ0n) is 11.3. The molecule has 0 unspecified atom stereocenters. The lowest BCUT2D eigenvalue weighted by atomic mass is 10.2. The Morgan fingerprint density at radius 3 is 3.10 bits per heavy atom. The fourth-order valence-electron chi connectivity index (χ4n) is 1.71. The molecule has 0 saturated heterocycles. The van der Waals surface area contributed by atoms with Gasteiger partial charge in [-0.2, -0.15) is 5.26 Å². The minimum absolute atomic E-state index is 0.204. The number of rotatable bonds is 5. The van der Waals surface area contributed by atoms with E-state index in [0.717, 1.165) is 11.7 Å². The first-order chi connectivity index (χ1) is 10.1. The largest absolute Gasteiger partial charge is 0.326 e. The molecule has 0 aliphatic rings. The summed E-state index contributed by atoms with van der Waals surface area (Å²) in [6.45, 7) is 2.81. The van der Waals surface area contributed by atoms with Crippen molar-refractivity contribution in [3.05, 3.63) is 41.2 Å². The highest BCUT2D eigenvalue weighted by Crippen LogP contribution is 2.21. The number of benzene rings is 1. The summed E-state index contributed by atoms with van der Waals surface area (Å²) < 4.78 is 1.96. The number of nitriles is 1. The number of thioether (sulfide) groups is 1. The van der Waals surface area contributed by atoms with Crippen molar-refractivity contribution in [2.75, 3.05) is 11.1 Å². The highest BCUT2D eigenvalue weighted by atomic mass is 35.5. The van der Waals surface area contributed by atoms with Gasteiger partial charge in [0.05, 0.1) is 17.0 Å². The molecule has 7 heteroatoms. The van der Waals surface area contributed by atoms with E-state index in [0.29, 0.717) is 16.3 Å². The molecule has 1 heterocycles. The number of imidazole rings is 1. The van der Waals surface area contributed by atoms with Crippen LogP contribution in [-0.2, 0) is 11.3 Å². The summed E-state index contributed by atoms with van der Waals surface area (Å²) in [6, 6.07) is 6.78. The minimum atomic E-state index is -0.204. The molecule has 0 aliphatic carbocycles. The van der Waals surface area contributed by atoms with Gasteiger partial charge in [-0.1, -0.05) is 23.4 Å². The summed E-state index contributed by atoms with van der Waals surface area (Å²) in [7, 11) is 0. The summed E-state index contributed by atoms with van der Waals surface area (Å²) in [4.78, 5) is 16.2.